The molecule has 7 N–H and O–H groups in total. The Balaban J connectivity index is 0.000000903. The van der Waals surface area contributed by atoms with E-state index in [2.05, 4.69) is 20.8 Å². The molecule has 1 saturated heterocycles. The highest BCUT2D eigenvalue weighted by Gasteiger charge is 2.66. The van der Waals surface area contributed by atoms with Crippen molar-refractivity contribution in [2.75, 3.05) is 13.1 Å². The van der Waals surface area contributed by atoms with Crippen molar-refractivity contribution in [2.45, 2.75) is 50.2 Å². The molecule has 0 bridgehead atoms. The summed E-state index contributed by atoms with van der Waals surface area (Å²) in [5.41, 5.74) is -2.57. The number of quaternary nitrogens is 1. The number of halogens is 8. The number of fused-ring (bicyclic) bond motifs is 1. The molecular formula is C18H26F8N3O5S+. The maximum absolute atomic E-state index is 13.4. The van der Waals surface area contributed by atoms with Crippen LogP contribution < -0.4 is 21.8 Å². The number of carbonyl (C=O) groups excluding carboxylic acids is 1. The summed E-state index contributed by atoms with van der Waals surface area (Å²) in [7, 11) is -10.2. The van der Waals surface area contributed by atoms with E-state index in [-0.39, 0.29) is 18.6 Å². The summed E-state index contributed by atoms with van der Waals surface area (Å²) in [5.74, 6) is 4.62. The van der Waals surface area contributed by atoms with Gasteiger partial charge in [-0.25, -0.2) is 21.8 Å². The molecular weight excluding hydrogens is 522 g/mol. The second-order valence-corrected chi connectivity index (χ2v) is 9.58. The highest BCUT2D eigenvalue weighted by molar-refractivity contribution is 8.45. The maximum atomic E-state index is 13.4. The zero-order valence-electron chi connectivity index (χ0n) is 18.5. The van der Waals surface area contributed by atoms with Crippen LogP contribution in [0.15, 0.2) is 22.6 Å². The number of nitrogens with two attached hydrogens (primary N) is 1. The topological polar surface area (TPSA) is 131 Å². The Hall–Kier alpha value is -2.18. The summed E-state index contributed by atoms with van der Waals surface area (Å²) >= 11 is 0. The molecule has 35 heavy (non-hydrogen) atoms. The normalized spacial score (nSPS) is 19.9. The number of alkyl halides is 3. The first-order chi connectivity index (χ1) is 15.9. The van der Waals surface area contributed by atoms with Crippen LogP contribution in [-0.4, -0.2) is 42.8 Å². The number of carbonyl (C=O) groups is 1. The standard InChI is InChI=1S/C15H15F8NO4S.C3H7N.H4NO/c1-3-8-4-10(29(19,20,21,22)23)5-9-6-11(14(25)26-7(2)28-24)13(15(16,17)18)27-12(8)9;1-2-4-3-1;1-2/h4-7,13H,3,24H2,1-2H3;4H,1-3H2;2H,1H3/q;;+1. The Bertz CT molecular complexity index is 933. The van der Waals surface area contributed by atoms with Crippen LogP contribution in [0.2, 0.25) is 0 Å². The first-order valence-corrected chi connectivity index (χ1v) is 11.8. The van der Waals surface area contributed by atoms with Crippen LogP contribution >= 0.6 is 10.2 Å². The molecule has 2 aliphatic rings. The number of benzene rings is 1. The fourth-order valence-corrected chi connectivity index (χ4v) is 3.39. The lowest BCUT2D eigenvalue weighted by Crippen LogP contribution is -2.42. The number of nitrogens with one attached hydrogen (secondary N) is 1. The van der Waals surface area contributed by atoms with Gasteiger partial charge in [-0.3, -0.25) is 4.84 Å². The number of rotatable bonds is 5. The Morgan fingerprint density at radius 3 is 2.14 bits per heavy atom. The van der Waals surface area contributed by atoms with Gasteiger partial charge in [-0.1, -0.05) is 26.4 Å². The number of aryl methyl sites for hydroxylation is 1. The molecule has 3 rings (SSSR count). The third-order valence-corrected chi connectivity index (χ3v) is 5.65. The highest BCUT2D eigenvalue weighted by Crippen LogP contribution is 3.02. The Morgan fingerprint density at radius 1 is 1.26 bits per heavy atom. The molecule has 2 heterocycles. The first kappa shape index (κ1) is 30.9. The summed E-state index contributed by atoms with van der Waals surface area (Å²) in [6, 6.07) is -0.0336. The SMILES string of the molecule is C1CNC1.CCc1cc(S(F)(F)(F)(F)F)cc2c1OC(C(F)(F)F)C(C(=O)OC(C)ON)=C2.[NH3+]O. The van der Waals surface area contributed by atoms with E-state index < -0.39 is 62.1 Å². The average molecular weight is 548 g/mol. The van der Waals surface area contributed by atoms with Crippen LogP contribution in [0.5, 0.6) is 5.75 Å². The Morgan fingerprint density at radius 2 is 1.77 bits per heavy atom. The van der Waals surface area contributed by atoms with Crippen molar-refractivity contribution < 1.29 is 62.8 Å². The molecule has 17 heteroatoms. The summed E-state index contributed by atoms with van der Waals surface area (Å²) in [4.78, 5) is 13.8. The summed E-state index contributed by atoms with van der Waals surface area (Å²) in [6.07, 6.45) is -8.15. The van der Waals surface area contributed by atoms with Crippen LogP contribution in [-0.2, 0) is 20.8 Å². The van der Waals surface area contributed by atoms with Gasteiger partial charge < -0.3 is 14.8 Å². The molecule has 2 atom stereocenters. The Labute approximate surface area is 194 Å². The molecule has 0 radical (unpaired) electrons. The second-order valence-electron chi connectivity index (χ2n) is 7.18. The van der Waals surface area contributed by atoms with E-state index in [1.54, 1.807) is 0 Å². The zero-order valence-corrected chi connectivity index (χ0v) is 19.3. The minimum Gasteiger partial charge on any atom is -0.475 e. The van der Waals surface area contributed by atoms with Crippen molar-refractivity contribution in [3.63, 3.8) is 0 Å². The summed E-state index contributed by atoms with van der Waals surface area (Å²) < 4.78 is 115. The third kappa shape index (κ3) is 8.46. The van der Waals surface area contributed by atoms with Crippen LogP contribution in [0, 0.1) is 0 Å². The van der Waals surface area contributed by atoms with E-state index in [9.17, 15) is 37.4 Å². The second kappa shape index (κ2) is 10.4. The molecule has 1 aromatic carbocycles. The predicted molar refractivity (Wildman–Crippen MR) is 109 cm³/mol. The molecule has 8 nitrogen and oxygen atoms in total. The van der Waals surface area contributed by atoms with E-state index in [1.807, 2.05) is 0 Å². The molecule has 0 amide bonds. The molecule has 0 aliphatic carbocycles. The van der Waals surface area contributed by atoms with Gasteiger partial charge in [0.05, 0.1) is 5.57 Å². The first-order valence-electron chi connectivity index (χ1n) is 9.82. The quantitative estimate of drug-likeness (QED) is 0.189. The van der Waals surface area contributed by atoms with Crippen LogP contribution in [0.3, 0.4) is 0 Å². The molecule has 1 fully saturated rings. The van der Waals surface area contributed by atoms with E-state index in [0.29, 0.717) is 6.08 Å². The number of esters is 1. The smallest absolute Gasteiger partial charge is 0.430 e. The van der Waals surface area contributed by atoms with E-state index >= 15 is 0 Å². The van der Waals surface area contributed by atoms with Gasteiger partial charge in [0.15, 0.2) is 0 Å². The fraction of sp³-hybridized carbons (Fsp3) is 0.500. The van der Waals surface area contributed by atoms with Crippen molar-refractivity contribution in [3.05, 3.63) is 28.8 Å². The largest absolute Gasteiger partial charge is 0.475 e. The maximum Gasteiger partial charge on any atom is 0.430 e. The summed E-state index contributed by atoms with van der Waals surface area (Å²) in [5, 5.41) is 9.86. The van der Waals surface area contributed by atoms with Gasteiger partial charge in [-0.2, -0.15) is 13.2 Å². The minimum atomic E-state index is -10.2. The lowest BCUT2D eigenvalue weighted by Gasteiger charge is -2.41. The van der Waals surface area contributed by atoms with Gasteiger partial charge in [0, 0.05) is 5.56 Å². The van der Waals surface area contributed by atoms with Crippen LogP contribution in [0.25, 0.3) is 6.08 Å². The van der Waals surface area contributed by atoms with Crippen molar-refractivity contribution in [1.29, 1.82) is 0 Å². The molecule has 2 unspecified atom stereocenters. The molecule has 0 saturated carbocycles. The van der Waals surface area contributed by atoms with E-state index in [4.69, 9.17) is 15.8 Å². The predicted octanol–water partition coefficient (Wildman–Crippen LogP) is 3.99. The van der Waals surface area contributed by atoms with Crippen molar-refractivity contribution in [1.82, 2.24) is 5.32 Å². The van der Waals surface area contributed by atoms with Crippen molar-refractivity contribution in [2.24, 2.45) is 5.90 Å². The Kier molecular flexibility index (Phi) is 9.20. The lowest BCUT2D eigenvalue weighted by molar-refractivity contribution is -0.670. The van der Waals surface area contributed by atoms with Gasteiger partial charge in [0.2, 0.25) is 12.4 Å². The zero-order chi connectivity index (χ0) is 27.3. The van der Waals surface area contributed by atoms with Gasteiger partial charge in [-0.15, -0.1) is 0 Å². The average Bonchev–Trinajstić information content (AvgIpc) is 2.69. The number of hydrogen-bond acceptors (Lipinski definition) is 7. The molecule has 0 aromatic heterocycles. The number of ether oxygens (including phenoxy) is 2. The van der Waals surface area contributed by atoms with Gasteiger partial charge >= 0.3 is 22.4 Å². The molecule has 2 aliphatic heterocycles. The van der Waals surface area contributed by atoms with Crippen molar-refractivity contribution in [3.8, 4) is 5.75 Å². The molecule has 204 valence electrons. The monoisotopic (exact) mass is 548 g/mol. The van der Waals surface area contributed by atoms with Gasteiger partial charge in [0.1, 0.15) is 10.6 Å². The fourth-order valence-electron chi connectivity index (χ4n) is 2.68. The van der Waals surface area contributed by atoms with E-state index in [1.165, 1.54) is 26.4 Å². The minimum absolute atomic E-state index is 0.0370. The van der Waals surface area contributed by atoms with Crippen LogP contribution in [0.1, 0.15) is 31.4 Å². The van der Waals surface area contributed by atoms with Gasteiger partial charge in [-0.05, 0) is 56.6 Å². The number of hydrogen-bond donors (Lipinski definition) is 4. The lowest BCUT2D eigenvalue weighted by atomic mass is 9.98. The molecule has 0 spiro atoms. The molecule has 1 aromatic rings. The highest BCUT2D eigenvalue weighted by atomic mass is 32.5. The van der Waals surface area contributed by atoms with E-state index in [0.717, 1.165) is 6.92 Å². The third-order valence-electron chi connectivity index (χ3n) is 4.53. The summed E-state index contributed by atoms with van der Waals surface area (Å²) in [6.45, 7) is 4.80. The van der Waals surface area contributed by atoms with Crippen LogP contribution in [0.4, 0.5) is 32.6 Å². The van der Waals surface area contributed by atoms with Crippen molar-refractivity contribution >= 4 is 22.3 Å². The van der Waals surface area contributed by atoms with Gasteiger partial charge in [0.25, 0.3) is 0 Å².